The van der Waals surface area contributed by atoms with Crippen molar-refractivity contribution in [3.8, 4) is 11.5 Å². The van der Waals surface area contributed by atoms with Crippen LogP contribution in [0.3, 0.4) is 0 Å². The van der Waals surface area contributed by atoms with Crippen LogP contribution in [0, 0.1) is 5.92 Å². The molecule has 4 rings (SSSR count). The van der Waals surface area contributed by atoms with Crippen LogP contribution in [-0.4, -0.2) is 53.4 Å². The third kappa shape index (κ3) is 6.81. The molecule has 2 aliphatic rings. The van der Waals surface area contributed by atoms with Gasteiger partial charge < -0.3 is 19.7 Å². The van der Waals surface area contributed by atoms with Gasteiger partial charge in [-0.2, -0.15) is 0 Å². The summed E-state index contributed by atoms with van der Waals surface area (Å²) in [5.74, 6) is 1.75. The SMILES string of the molecule is CC1CCCN(c2ccc(CNC(=O)CCCN(c3ccc4c(c3)OCCO4)S(C)(=O)=O)cc2)C1. The molecule has 190 valence electrons. The van der Waals surface area contributed by atoms with E-state index in [1.165, 1.54) is 22.8 Å². The van der Waals surface area contributed by atoms with Crippen molar-refractivity contribution >= 4 is 27.3 Å². The summed E-state index contributed by atoms with van der Waals surface area (Å²) in [6.45, 7) is 6.03. The minimum Gasteiger partial charge on any atom is -0.486 e. The maximum Gasteiger partial charge on any atom is 0.232 e. The summed E-state index contributed by atoms with van der Waals surface area (Å²) >= 11 is 0. The summed E-state index contributed by atoms with van der Waals surface area (Å²) in [6.07, 6.45) is 4.32. The van der Waals surface area contributed by atoms with Crippen molar-refractivity contribution < 1.29 is 22.7 Å². The van der Waals surface area contributed by atoms with Crippen LogP contribution in [0.4, 0.5) is 11.4 Å². The van der Waals surface area contributed by atoms with Crippen molar-refractivity contribution in [3.05, 3.63) is 48.0 Å². The molecule has 0 aromatic heterocycles. The van der Waals surface area contributed by atoms with Crippen LogP contribution in [-0.2, 0) is 21.4 Å². The Morgan fingerprint density at radius 1 is 1.11 bits per heavy atom. The molecule has 8 nitrogen and oxygen atoms in total. The van der Waals surface area contributed by atoms with Gasteiger partial charge >= 0.3 is 0 Å². The molecule has 1 amide bonds. The molecule has 1 N–H and O–H groups in total. The Morgan fingerprint density at radius 2 is 1.86 bits per heavy atom. The molecule has 1 atom stereocenters. The number of carbonyl (C=O) groups is 1. The standard InChI is InChI=1S/C26H35N3O5S/c1-20-5-3-13-28(19-20)22-9-7-21(8-10-22)18-27-26(30)6-4-14-29(35(2,31)32)23-11-12-24-25(17-23)34-16-15-33-24/h7-12,17,20H,3-6,13-16,18-19H2,1-2H3,(H,27,30). The summed E-state index contributed by atoms with van der Waals surface area (Å²) in [5, 5.41) is 2.94. The number of ether oxygens (including phenoxy) is 2. The molecular weight excluding hydrogens is 466 g/mol. The van der Waals surface area contributed by atoms with Crippen LogP contribution in [0.15, 0.2) is 42.5 Å². The van der Waals surface area contributed by atoms with Crippen molar-refractivity contribution in [1.29, 1.82) is 0 Å². The Labute approximate surface area is 208 Å². The van der Waals surface area contributed by atoms with E-state index in [9.17, 15) is 13.2 Å². The van der Waals surface area contributed by atoms with Gasteiger partial charge in [0.1, 0.15) is 13.2 Å². The molecule has 1 saturated heterocycles. The first-order valence-electron chi connectivity index (χ1n) is 12.3. The van der Waals surface area contributed by atoms with Gasteiger partial charge in [-0.05, 0) is 55.0 Å². The van der Waals surface area contributed by atoms with E-state index >= 15 is 0 Å². The molecular formula is C26H35N3O5S. The van der Waals surface area contributed by atoms with Crippen LogP contribution >= 0.6 is 0 Å². The van der Waals surface area contributed by atoms with Crippen molar-refractivity contribution in [2.45, 2.75) is 39.2 Å². The van der Waals surface area contributed by atoms with Gasteiger partial charge in [0.2, 0.25) is 15.9 Å². The number of anilines is 2. The number of sulfonamides is 1. The Balaban J connectivity index is 1.26. The molecule has 0 spiro atoms. The third-order valence-electron chi connectivity index (χ3n) is 6.43. The van der Waals surface area contributed by atoms with E-state index in [2.05, 4.69) is 41.4 Å². The lowest BCUT2D eigenvalue weighted by atomic mass is 9.99. The van der Waals surface area contributed by atoms with E-state index in [4.69, 9.17) is 9.47 Å². The molecule has 9 heteroatoms. The van der Waals surface area contributed by atoms with Crippen molar-refractivity contribution in [2.75, 3.05) is 48.3 Å². The average Bonchev–Trinajstić information content (AvgIpc) is 2.84. The summed E-state index contributed by atoms with van der Waals surface area (Å²) in [6, 6.07) is 13.4. The number of hydrogen-bond acceptors (Lipinski definition) is 6. The van der Waals surface area contributed by atoms with Gasteiger partial charge in [-0.1, -0.05) is 19.1 Å². The Bertz CT molecular complexity index is 1120. The van der Waals surface area contributed by atoms with Crippen molar-refractivity contribution in [1.82, 2.24) is 5.32 Å². The molecule has 0 bridgehead atoms. The highest BCUT2D eigenvalue weighted by Gasteiger charge is 2.21. The Kier molecular flexibility index (Phi) is 8.05. The number of fused-ring (bicyclic) bond motifs is 1. The summed E-state index contributed by atoms with van der Waals surface area (Å²) in [5.41, 5.74) is 2.77. The molecule has 1 fully saturated rings. The highest BCUT2D eigenvalue weighted by molar-refractivity contribution is 7.92. The van der Waals surface area contributed by atoms with Crippen LogP contribution in [0.5, 0.6) is 11.5 Å². The maximum absolute atomic E-state index is 12.4. The first kappa shape index (κ1) is 25.2. The number of hydrogen-bond donors (Lipinski definition) is 1. The normalized spacial score (nSPS) is 17.7. The fraction of sp³-hybridized carbons (Fsp3) is 0.500. The van der Waals surface area contributed by atoms with Gasteiger partial charge in [0.15, 0.2) is 11.5 Å². The lowest BCUT2D eigenvalue weighted by Crippen LogP contribution is -2.34. The van der Waals surface area contributed by atoms with Crippen molar-refractivity contribution in [3.63, 3.8) is 0 Å². The monoisotopic (exact) mass is 501 g/mol. The first-order chi connectivity index (χ1) is 16.8. The number of rotatable bonds is 9. The van der Waals surface area contributed by atoms with E-state index in [1.54, 1.807) is 18.2 Å². The molecule has 35 heavy (non-hydrogen) atoms. The number of carbonyl (C=O) groups excluding carboxylic acids is 1. The lowest BCUT2D eigenvalue weighted by molar-refractivity contribution is -0.121. The minimum atomic E-state index is -3.51. The molecule has 2 aromatic carbocycles. The number of nitrogens with one attached hydrogen (secondary N) is 1. The van der Waals surface area contributed by atoms with E-state index in [-0.39, 0.29) is 18.9 Å². The molecule has 2 heterocycles. The second-order valence-electron chi connectivity index (χ2n) is 9.40. The van der Waals surface area contributed by atoms with E-state index < -0.39 is 10.0 Å². The van der Waals surface area contributed by atoms with E-state index in [0.29, 0.717) is 43.4 Å². The minimum absolute atomic E-state index is 0.102. The molecule has 0 saturated carbocycles. The summed E-state index contributed by atoms with van der Waals surface area (Å²) < 4.78 is 37.2. The molecule has 2 aromatic rings. The molecule has 0 aliphatic carbocycles. The highest BCUT2D eigenvalue weighted by Crippen LogP contribution is 2.34. The second kappa shape index (κ2) is 11.2. The van der Waals surface area contributed by atoms with Gasteiger partial charge in [-0.25, -0.2) is 8.42 Å². The average molecular weight is 502 g/mol. The van der Waals surface area contributed by atoms with Crippen LogP contribution < -0.4 is 24.0 Å². The van der Waals surface area contributed by atoms with Gasteiger partial charge in [0, 0.05) is 44.4 Å². The number of benzene rings is 2. The quantitative estimate of drug-likeness (QED) is 0.565. The van der Waals surface area contributed by atoms with Crippen LogP contribution in [0.1, 0.15) is 38.2 Å². The topological polar surface area (TPSA) is 88.2 Å². The number of piperidine rings is 1. The largest absolute Gasteiger partial charge is 0.486 e. The van der Waals surface area contributed by atoms with Gasteiger partial charge in [-0.3, -0.25) is 9.10 Å². The summed E-state index contributed by atoms with van der Waals surface area (Å²) in [7, 11) is -3.51. The second-order valence-corrected chi connectivity index (χ2v) is 11.3. The van der Waals surface area contributed by atoms with Gasteiger partial charge in [0.05, 0.1) is 11.9 Å². The molecule has 0 radical (unpaired) electrons. The third-order valence-corrected chi connectivity index (χ3v) is 7.62. The number of nitrogens with zero attached hydrogens (tertiary/aromatic N) is 2. The molecule has 2 aliphatic heterocycles. The predicted octanol–water partition coefficient (Wildman–Crippen LogP) is 3.56. The zero-order valence-corrected chi connectivity index (χ0v) is 21.4. The fourth-order valence-electron chi connectivity index (χ4n) is 4.59. The Morgan fingerprint density at radius 3 is 2.57 bits per heavy atom. The Hall–Kier alpha value is -2.94. The lowest BCUT2D eigenvalue weighted by Gasteiger charge is -2.32. The first-order valence-corrected chi connectivity index (χ1v) is 14.1. The zero-order valence-electron chi connectivity index (χ0n) is 20.5. The fourth-order valence-corrected chi connectivity index (χ4v) is 5.55. The van der Waals surface area contributed by atoms with Gasteiger partial charge in [-0.15, -0.1) is 0 Å². The van der Waals surface area contributed by atoms with E-state index in [1.807, 2.05) is 0 Å². The van der Waals surface area contributed by atoms with Gasteiger partial charge in [0.25, 0.3) is 0 Å². The number of amides is 1. The van der Waals surface area contributed by atoms with Crippen molar-refractivity contribution in [2.24, 2.45) is 5.92 Å². The van der Waals surface area contributed by atoms with Crippen LogP contribution in [0.2, 0.25) is 0 Å². The van der Waals surface area contributed by atoms with Crippen LogP contribution in [0.25, 0.3) is 0 Å². The smallest absolute Gasteiger partial charge is 0.232 e. The summed E-state index contributed by atoms with van der Waals surface area (Å²) in [4.78, 5) is 14.8. The zero-order chi connectivity index (χ0) is 24.8. The van der Waals surface area contributed by atoms with E-state index in [0.717, 1.165) is 30.8 Å². The molecule has 1 unspecified atom stereocenters. The maximum atomic E-state index is 12.4. The predicted molar refractivity (Wildman–Crippen MR) is 138 cm³/mol. The highest BCUT2D eigenvalue weighted by atomic mass is 32.2.